The lowest BCUT2D eigenvalue weighted by Gasteiger charge is -2.32. The van der Waals surface area contributed by atoms with Crippen molar-refractivity contribution in [3.63, 3.8) is 0 Å². The van der Waals surface area contributed by atoms with E-state index in [0.717, 1.165) is 5.69 Å². The highest BCUT2D eigenvalue weighted by atomic mass is 19.3. The molecule has 1 atom stereocenters. The molecule has 1 aromatic heterocycles. The molecular formula is C16H26F2N4O2. The predicted octanol–water partition coefficient (Wildman–Crippen LogP) is 2.94. The van der Waals surface area contributed by atoms with E-state index in [1.807, 2.05) is 6.92 Å². The molecule has 24 heavy (non-hydrogen) atoms. The number of aryl methyl sites for hydroxylation is 1. The number of aromatic nitrogens is 2. The maximum absolute atomic E-state index is 13.2. The molecule has 6 nitrogen and oxygen atoms in total. The Balaban J connectivity index is 1.83. The van der Waals surface area contributed by atoms with Gasteiger partial charge < -0.3 is 10.1 Å². The topological polar surface area (TPSA) is 68.2 Å². The van der Waals surface area contributed by atoms with Crippen LogP contribution in [0.1, 0.15) is 38.3 Å². The van der Waals surface area contributed by atoms with Crippen LogP contribution in [0.25, 0.3) is 0 Å². The maximum atomic E-state index is 13.2. The molecule has 0 radical (unpaired) electrons. The second-order valence-electron chi connectivity index (χ2n) is 6.47. The van der Waals surface area contributed by atoms with Gasteiger partial charge in [-0.2, -0.15) is 5.10 Å². The molecule has 1 aromatic rings. The van der Waals surface area contributed by atoms with Crippen molar-refractivity contribution in [2.24, 2.45) is 13.0 Å². The summed E-state index contributed by atoms with van der Waals surface area (Å²) < 4.78 is 33.0. The van der Waals surface area contributed by atoms with Gasteiger partial charge in [-0.05, 0) is 25.7 Å². The van der Waals surface area contributed by atoms with Crippen molar-refractivity contribution < 1.29 is 18.3 Å². The molecule has 2 amide bonds. The Kier molecular flexibility index (Phi) is 6.15. The Morgan fingerprint density at radius 3 is 2.79 bits per heavy atom. The average molecular weight is 344 g/mol. The van der Waals surface area contributed by atoms with Gasteiger partial charge >= 0.3 is 6.03 Å². The van der Waals surface area contributed by atoms with E-state index >= 15 is 0 Å². The van der Waals surface area contributed by atoms with Crippen LogP contribution in [-0.2, 0) is 18.2 Å². The number of carbonyl (C=O) groups is 1. The summed E-state index contributed by atoms with van der Waals surface area (Å²) in [6, 6.07) is 1.30. The van der Waals surface area contributed by atoms with Gasteiger partial charge in [-0.25, -0.2) is 13.6 Å². The highest BCUT2D eigenvalue weighted by Crippen LogP contribution is 2.37. The minimum absolute atomic E-state index is 0.0826. The van der Waals surface area contributed by atoms with Crippen LogP contribution in [0.3, 0.4) is 0 Å². The quantitative estimate of drug-likeness (QED) is 0.834. The fourth-order valence-corrected chi connectivity index (χ4v) is 3.01. The number of hydrogen-bond donors (Lipinski definition) is 2. The third kappa shape index (κ3) is 5.15. The molecule has 0 aromatic carbocycles. The molecule has 136 valence electrons. The number of carbonyl (C=O) groups excluding carboxylic acids is 1. The first kappa shape index (κ1) is 18.6. The Morgan fingerprint density at radius 2 is 2.17 bits per heavy atom. The molecule has 2 rings (SSSR count). The van der Waals surface area contributed by atoms with E-state index in [-0.39, 0.29) is 30.8 Å². The van der Waals surface area contributed by atoms with Crippen molar-refractivity contribution in [2.75, 3.05) is 19.0 Å². The fourth-order valence-electron chi connectivity index (χ4n) is 3.01. The van der Waals surface area contributed by atoms with Crippen molar-refractivity contribution in [1.29, 1.82) is 0 Å². The van der Waals surface area contributed by atoms with Gasteiger partial charge in [0.05, 0.1) is 12.3 Å². The van der Waals surface area contributed by atoms with Crippen molar-refractivity contribution >= 4 is 11.8 Å². The van der Waals surface area contributed by atoms with Crippen LogP contribution in [0, 0.1) is 5.92 Å². The summed E-state index contributed by atoms with van der Waals surface area (Å²) in [6.45, 7) is 2.42. The van der Waals surface area contributed by atoms with Crippen LogP contribution >= 0.6 is 0 Å². The summed E-state index contributed by atoms with van der Waals surface area (Å²) in [6.07, 6.45) is 1.33. The van der Waals surface area contributed by atoms with Gasteiger partial charge in [0.25, 0.3) is 0 Å². The minimum Gasteiger partial charge on any atom is -0.384 e. The Bertz CT molecular complexity index is 552. The Labute approximate surface area is 140 Å². The third-order valence-electron chi connectivity index (χ3n) is 4.56. The number of methoxy groups -OCH3 is 1. The number of nitrogens with one attached hydrogen (secondary N) is 2. The normalized spacial score (nSPS) is 19.0. The molecule has 1 fully saturated rings. The SMILES string of the molecule is COCCc1cc(NC(=O)NC(C)C2CCC(F)(F)CC2)n(C)n1. The first-order chi connectivity index (χ1) is 11.3. The van der Waals surface area contributed by atoms with Crippen molar-refractivity contribution in [2.45, 2.75) is 51.0 Å². The lowest BCUT2D eigenvalue weighted by molar-refractivity contribution is -0.0483. The number of nitrogens with zero attached hydrogens (tertiary/aromatic N) is 2. The van der Waals surface area contributed by atoms with E-state index in [2.05, 4.69) is 15.7 Å². The zero-order chi connectivity index (χ0) is 17.7. The maximum Gasteiger partial charge on any atom is 0.320 e. The predicted molar refractivity (Wildman–Crippen MR) is 87.3 cm³/mol. The number of hydrogen-bond acceptors (Lipinski definition) is 3. The molecule has 2 N–H and O–H groups in total. The molecule has 0 saturated heterocycles. The Hall–Kier alpha value is -1.70. The lowest BCUT2D eigenvalue weighted by Crippen LogP contribution is -2.43. The number of urea groups is 1. The summed E-state index contributed by atoms with van der Waals surface area (Å²) in [5, 5.41) is 9.90. The highest BCUT2D eigenvalue weighted by molar-refractivity contribution is 5.88. The number of ether oxygens (including phenoxy) is 1. The van der Waals surface area contributed by atoms with Gasteiger partial charge in [-0.1, -0.05) is 0 Å². The van der Waals surface area contributed by atoms with E-state index < -0.39 is 5.92 Å². The minimum atomic E-state index is -2.55. The van der Waals surface area contributed by atoms with Gasteiger partial charge in [0.1, 0.15) is 5.82 Å². The molecule has 0 aliphatic heterocycles. The first-order valence-electron chi connectivity index (χ1n) is 8.28. The molecule has 0 spiro atoms. The van der Waals surface area contributed by atoms with Crippen molar-refractivity contribution in [1.82, 2.24) is 15.1 Å². The van der Waals surface area contributed by atoms with Crippen LogP contribution in [0.5, 0.6) is 0 Å². The molecule has 1 saturated carbocycles. The lowest BCUT2D eigenvalue weighted by atomic mass is 9.83. The van der Waals surface area contributed by atoms with Crippen molar-refractivity contribution in [3.05, 3.63) is 11.8 Å². The van der Waals surface area contributed by atoms with Gasteiger partial charge in [-0.3, -0.25) is 10.00 Å². The standard InChI is InChI=1S/C16H26F2N4O2/c1-11(12-4-7-16(17,18)8-5-12)19-15(23)20-14-10-13(6-9-24-3)21-22(14)2/h10-12H,4-9H2,1-3H3,(H2,19,20,23). The molecule has 1 aliphatic rings. The Morgan fingerprint density at radius 1 is 1.50 bits per heavy atom. The molecule has 1 heterocycles. The molecule has 8 heteroatoms. The van der Waals surface area contributed by atoms with Crippen LogP contribution in [-0.4, -0.2) is 41.5 Å². The second kappa shape index (κ2) is 7.92. The second-order valence-corrected chi connectivity index (χ2v) is 6.47. The van der Waals surface area contributed by atoms with Gasteiger partial charge in [0, 0.05) is 45.5 Å². The number of alkyl halides is 2. The monoisotopic (exact) mass is 344 g/mol. The molecule has 0 bridgehead atoms. The summed E-state index contributed by atoms with van der Waals surface area (Å²) >= 11 is 0. The van der Waals surface area contributed by atoms with Crippen LogP contribution in [0.4, 0.5) is 19.4 Å². The molecular weight excluding hydrogens is 318 g/mol. The summed E-state index contributed by atoms with van der Waals surface area (Å²) in [7, 11) is 3.37. The zero-order valence-electron chi connectivity index (χ0n) is 14.4. The number of rotatable bonds is 6. The van der Waals surface area contributed by atoms with Gasteiger partial charge in [0.2, 0.25) is 5.92 Å². The number of amides is 2. The first-order valence-corrected chi connectivity index (χ1v) is 8.28. The highest BCUT2D eigenvalue weighted by Gasteiger charge is 2.36. The summed E-state index contributed by atoms with van der Waals surface area (Å²) in [5.74, 6) is -1.88. The van der Waals surface area contributed by atoms with Gasteiger partial charge in [0.15, 0.2) is 0 Å². The van der Waals surface area contributed by atoms with E-state index in [1.165, 1.54) is 0 Å². The largest absolute Gasteiger partial charge is 0.384 e. The average Bonchev–Trinajstić information content (AvgIpc) is 2.84. The van der Waals surface area contributed by atoms with Crippen LogP contribution in [0.15, 0.2) is 6.07 Å². The summed E-state index contributed by atoms with van der Waals surface area (Å²) in [5.41, 5.74) is 0.831. The van der Waals surface area contributed by atoms with E-state index in [9.17, 15) is 13.6 Å². The van der Waals surface area contributed by atoms with E-state index in [1.54, 1.807) is 24.9 Å². The van der Waals surface area contributed by atoms with E-state index in [0.29, 0.717) is 31.7 Å². The third-order valence-corrected chi connectivity index (χ3v) is 4.56. The fraction of sp³-hybridized carbons (Fsp3) is 0.750. The van der Waals surface area contributed by atoms with E-state index in [4.69, 9.17) is 4.74 Å². The van der Waals surface area contributed by atoms with Crippen LogP contribution in [0.2, 0.25) is 0 Å². The zero-order valence-corrected chi connectivity index (χ0v) is 14.4. The number of anilines is 1. The van der Waals surface area contributed by atoms with Gasteiger partial charge in [-0.15, -0.1) is 0 Å². The van der Waals surface area contributed by atoms with Crippen LogP contribution < -0.4 is 10.6 Å². The molecule has 1 aliphatic carbocycles. The smallest absolute Gasteiger partial charge is 0.320 e. The number of halogens is 2. The molecule has 1 unspecified atom stereocenters. The summed E-state index contributed by atoms with van der Waals surface area (Å²) in [4.78, 5) is 12.1. The van der Waals surface area contributed by atoms with Crippen molar-refractivity contribution in [3.8, 4) is 0 Å².